The van der Waals surface area contributed by atoms with Gasteiger partial charge in [-0.1, -0.05) is 0 Å². The molecule has 1 aromatic rings. The van der Waals surface area contributed by atoms with Crippen molar-refractivity contribution in [1.82, 2.24) is 13.8 Å². The fourth-order valence-electron chi connectivity index (χ4n) is 2.69. The van der Waals surface area contributed by atoms with Crippen molar-refractivity contribution in [2.45, 2.75) is 23.8 Å². The highest BCUT2D eigenvalue weighted by molar-refractivity contribution is 7.89. The van der Waals surface area contributed by atoms with Gasteiger partial charge in [0.05, 0.1) is 0 Å². The normalized spacial score (nSPS) is 20.9. The number of hydrogen-bond acceptors (Lipinski definition) is 4. The van der Waals surface area contributed by atoms with E-state index in [1.54, 1.807) is 7.05 Å². The fraction of sp³-hybridized carbons (Fsp3) is 0.615. The molecule has 1 fully saturated rings. The molecule has 1 aliphatic heterocycles. The van der Waals surface area contributed by atoms with Crippen LogP contribution in [0.25, 0.3) is 0 Å². The Bertz CT molecular complexity index is 638. The average molecular weight is 315 g/mol. The van der Waals surface area contributed by atoms with Gasteiger partial charge in [0.25, 0.3) is 0 Å². The van der Waals surface area contributed by atoms with Crippen LogP contribution < -0.4 is 0 Å². The lowest BCUT2D eigenvalue weighted by molar-refractivity contribution is 0.0686. The zero-order chi connectivity index (χ0) is 15.8. The van der Waals surface area contributed by atoms with E-state index in [1.165, 1.54) is 28.2 Å². The van der Waals surface area contributed by atoms with Gasteiger partial charge in [-0.25, -0.2) is 13.2 Å². The lowest BCUT2D eigenvalue weighted by Gasteiger charge is -2.34. The van der Waals surface area contributed by atoms with Crippen molar-refractivity contribution in [3.05, 3.63) is 18.0 Å². The van der Waals surface area contributed by atoms with Crippen molar-refractivity contribution in [3.8, 4) is 0 Å². The first-order valence-corrected chi connectivity index (χ1v) is 8.23. The number of nitrogens with zero attached hydrogens (tertiary/aromatic N) is 3. The predicted molar refractivity (Wildman–Crippen MR) is 77.8 cm³/mol. The van der Waals surface area contributed by atoms with E-state index in [2.05, 4.69) is 4.90 Å². The fourth-order valence-corrected chi connectivity index (χ4v) is 4.14. The summed E-state index contributed by atoms with van der Waals surface area (Å²) in [6.45, 7) is 1.66. The van der Waals surface area contributed by atoms with Crippen molar-refractivity contribution in [1.29, 1.82) is 0 Å². The predicted octanol–water partition coefficient (Wildman–Crippen LogP) is 0.438. The highest BCUT2D eigenvalue weighted by Crippen LogP contribution is 2.23. The summed E-state index contributed by atoms with van der Waals surface area (Å²) in [6.07, 6.45) is 3.12. The molecule has 1 aromatic heterocycles. The number of aromatic nitrogens is 1. The number of carboxylic acid groups (broad SMARTS) is 1. The number of rotatable bonds is 4. The highest BCUT2D eigenvalue weighted by atomic mass is 32.2. The molecule has 1 atom stereocenters. The maximum Gasteiger partial charge on any atom is 0.352 e. The molecule has 8 heteroatoms. The van der Waals surface area contributed by atoms with Gasteiger partial charge < -0.3 is 14.6 Å². The number of aryl methyl sites for hydroxylation is 1. The van der Waals surface area contributed by atoms with E-state index in [-0.39, 0.29) is 16.6 Å². The van der Waals surface area contributed by atoms with Gasteiger partial charge in [0.15, 0.2) is 0 Å². The Balaban J connectivity index is 2.28. The second-order valence-electron chi connectivity index (χ2n) is 5.56. The van der Waals surface area contributed by atoms with E-state index in [9.17, 15) is 13.2 Å². The molecule has 0 aromatic carbocycles. The van der Waals surface area contributed by atoms with Crippen LogP contribution in [0.3, 0.4) is 0 Å². The third kappa shape index (κ3) is 3.12. The summed E-state index contributed by atoms with van der Waals surface area (Å²) in [7, 11) is 1.38. The molecular formula is C13H21N3O4S. The molecule has 0 spiro atoms. The second-order valence-corrected chi connectivity index (χ2v) is 7.55. The summed E-state index contributed by atoms with van der Waals surface area (Å²) in [5.74, 6) is -1.14. The number of aromatic carboxylic acids is 1. The standard InChI is InChI=1S/C13H21N3O4S/c1-14-6-4-5-10(8-14)16(3)21(19,20)11-7-12(13(17)18)15(2)9-11/h7,9-10H,4-6,8H2,1-3H3,(H,17,18). The molecule has 0 radical (unpaired) electrons. The van der Waals surface area contributed by atoms with Gasteiger partial charge in [0.2, 0.25) is 10.0 Å². The monoisotopic (exact) mass is 315 g/mol. The number of likely N-dealkylation sites (N-methyl/N-ethyl adjacent to an activating group) is 2. The molecular weight excluding hydrogens is 294 g/mol. The number of sulfonamides is 1. The van der Waals surface area contributed by atoms with Gasteiger partial charge in [0, 0.05) is 32.9 Å². The summed E-state index contributed by atoms with van der Waals surface area (Å²) < 4.78 is 27.9. The third-order valence-corrected chi connectivity index (χ3v) is 5.87. The van der Waals surface area contributed by atoms with E-state index in [0.29, 0.717) is 6.54 Å². The minimum atomic E-state index is -3.67. The van der Waals surface area contributed by atoms with E-state index < -0.39 is 16.0 Å². The van der Waals surface area contributed by atoms with Crippen LogP contribution in [0.5, 0.6) is 0 Å². The smallest absolute Gasteiger partial charge is 0.352 e. The van der Waals surface area contributed by atoms with E-state index in [4.69, 9.17) is 5.11 Å². The summed E-state index contributed by atoms with van der Waals surface area (Å²) in [6, 6.07) is 1.13. The van der Waals surface area contributed by atoms with E-state index >= 15 is 0 Å². The molecule has 0 amide bonds. The molecule has 1 N–H and O–H groups in total. The maximum atomic E-state index is 12.6. The molecule has 1 unspecified atom stereocenters. The van der Waals surface area contributed by atoms with Crippen molar-refractivity contribution < 1.29 is 18.3 Å². The number of carbonyl (C=O) groups is 1. The average Bonchev–Trinajstić information content (AvgIpc) is 2.80. The Labute approximate surface area is 124 Å². The summed E-state index contributed by atoms with van der Waals surface area (Å²) in [5.41, 5.74) is -0.0391. The first kappa shape index (κ1) is 16.0. The first-order valence-electron chi connectivity index (χ1n) is 6.79. The zero-order valence-corrected chi connectivity index (χ0v) is 13.3. The lowest BCUT2D eigenvalue weighted by atomic mass is 10.1. The Morgan fingerprint density at radius 2 is 2.10 bits per heavy atom. The van der Waals surface area contributed by atoms with Gasteiger partial charge in [-0.15, -0.1) is 0 Å². The maximum absolute atomic E-state index is 12.6. The zero-order valence-electron chi connectivity index (χ0n) is 12.5. The van der Waals surface area contributed by atoms with Gasteiger partial charge in [-0.2, -0.15) is 4.31 Å². The van der Waals surface area contributed by atoms with Crippen LogP contribution in [0.4, 0.5) is 0 Å². The van der Waals surface area contributed by atoms with Crippen LogP contribution in [0.2, 0.25) is 0 Å². The number of carboxylic acids is 1. The summed E-state index contributed by atoms with van der Waals surface area (Å²) in [4.78, 5) is 13.2. The summed E-state index contributed by atoms with van der Waals surface area (Å²) >= 11 is 0. The molecule has 1 saturated heterocycles. The van der Waals surface area contributed by atoms with Crippen LogP contribution in [0, 0.1) is 0 Å². The van der Waals surface area contributed by atoms with Crippen LogP contribution in [0.15, 0.2) is 17.2 Å². The topological polar surface area (TPSA) is 82.8 Å². The van der Waals surface area contributed by atoms with Crippen molar-refractivity contribution in [2.75, 3.05) is 27.2 Å². The second kappa shape index (κ2) is 5.78. The molecule has 1 aliphatic rings. The van der Waals surface area contributed by atoms with Crippen LogP contribution in [-0.4, -0.2) is 66.5 Å². The Hall–Kier alpha value is -1.38. The molecule has 7 nitrogen and oxygen atoms in total. The Kier molecular flexibility index (Phi) is 4.40. The minimum Gasteiger partial charge on any atom is -0.477 e. The lowest BCUT2D eigenvalue weighted by Crippen LogP contribution is -2.47. The molecule has 118 valence electrons. The number of piperidine rings is 1. The largest absolute Gasteiger partial charge is 0.477 e. The number of likely N-dealkylation sites (tertiary alicyclic amines) is 1. The Morgan fingerprint density at radius 3 is 2.62 bits per heavy atom. The molecule has 0 saturated carbocycles. The third-order valence-electron chi connectivity index (χ3n) is 3.99. The van der Waals surface area contributed by atoms with Gasteiger partial charge in [0.1, 0.15) is 10.6 Å². The van der Waals surface area contributed by atoms with Crippen molar-refractivity contribution in [2.24, 2.45) is 7.05 Å². The summed E-state index contributed by atoms with van der Waals surface area (Å²) in [5, 5.41) is 9.03. The SMILES string of the molecule is CN1CCCC(N(C)S(=O)(=O)c2cc(C(=O)O)n(C)c2)C1. The van der Waals surface area contributed by atoms with Gasteiger partial charge in [-0.05, 0) is 32.5 Å². The molecule has 0 bridgehead atoms. The van der Waals surface area contributed by atoms with Crippen molar-refractivity contribution >= 4 is 16.0 Å². The van der Waals surface area contributed by atoms with Gasteiger partial charge in [-0.3, -0.25) is 0 Å². The molecule has 2 heterocycles. The number of hydrogen-bond donors (Lipinski definition) is 1. The molecule has 21 heavy (non-hydrogen) atoms. The van der Waals surface area contributed by atoms with Crippen LogP contribution in [0.1, 0.15) is 23.3 Å². The Morgan fingerprint density at radius 1 is 1.43 bits per heavy atom. The first-order chi connectivity index (χ1) is 9.73. The van der Waals surface area contributed by atoms with Gasteiger partial charge >= 0.3 is 5.97 Å². The quantitative estimate of drug-likeness (QED) is 0.871. The van der Waals surface area contributed by atoms with Crippen LogP contribution >= 0.6 is 0 Å². The van der Waals surface area contributed by atoms with Crippen molar-refractivity contribution in [3.63, 3.8) is 0 Å². The highest BCUT2D eigenvalue weighted by Gasteiger charge is 2.32. The van der Waals surface area contributed by atoms with Crippen LogP contribution in [-0.2, 0) is 17.1 Å². The molecule has 0 aliphatic carbocycles. The van der Waals surface area contributed by atoms with E-state index in [0.717, 1.165) is 19.4 Å². The van der Waals surface area contributed by atoms with E-state index in [1.807, 2.05) is 7.05 Å². The molecule has 2 rings (SSSR count). The minimum absolute atomic E-state index is 0.0260.